The molecule has 0 aliphatic rings. The van der Waals surface area contributed by atoms with E-state index in [9.17, 15) is 4.79 Å². The Bertz CT molecular complexity index is 397. The maximum absolute atomic E-state index is 12.6. The van der Waals surface area contributed by atoms with Crippen molar-refractivity contribution in [2.45, 2.75) is 32.2 Å². The van der Waals surface area contributed by atoms with Crippen molar-refractivity contribution in [1.29, 1.82) is 0 Å². The highest BCUT2D eigenvalue weighted by Gasteiger charge is 2.27. The van der Waals surface area contributed by atoms with E-state index in [1.807, 2.05) is 30.3 Å². The summed E-state index contributed by atoms with van der Waals surface area (Å²) < 4.78 is 5.07. The Balaban J connectivity index is 2.86. The molecule has 3 nitrogen and oxygen atoms in total. The second-order valence-corrected chi connectivity index (χ2v) is 5.40. The van der Waals surface area contributed by atoms with Gasteiger partial charge >= 0.3 is 0 Å². The molecule has 4 heteroatoms. The number of benzene rings is 1. The van der Waals surface area contributed by atoms with Gasteiger partial charge in [0.1, 0.15) is 0 Å². The van der Waals surface area contributed by atoms with Gasteiger partial charge in [-0.1, -0.05) is 50.6 Å². The lowest BCUT2D eigenvalue weighted by Crippen LogP contribution is -2.43. The summed E-state index contributed by atoms with van der Waals surface area (Å²) in [7, 11) is 1.61. The van der Waals surface area contributed by atoms with Crippen LogP contribution < -0.4 is 5.32 Å². The van der Waals surface area contributed by atoms with Gasteiger partial charge in [0.15, 0.2) is 0 Å². The van der Waals surface area contributed by atoms with Crippen LogP contribution in [0.4, 0.5) is 0 Å². The predicted molar refractivity (Wildman–Crippen MR) is 83.2 cm³/mol. The van der Waals surface area contributed by atoms with Gasteiger partial charge in [-0.3, -0.25) is 4.79 Å². The first-order valence-corrected chi connectivity index (χ1v) is 7.57. The van der Waals surface area contributed by atoms with Gasteiger partial charge in [0.25, 0.3) is 0 Å². The molecule has 1 aromatic carbocycles. The highest BCUT2D eigenvalue weighted by atomic mass is 35.5. The van der Waals surface area contributed by atoms with E-state index in [-0.39, 0.29) is 23.8 Å². The van der Waals surface area contributed by atoms with Crippen molar-refractivity contribution < 1.29 is 9.53 Å². The summed E-state index contributed by atoms with van der Waals surface area (Å²) in [5.74, 6) is 0.495. The van der Waals surface area contributed by atoms with Crippen LogP contribution in [0.1, 0.15) is 31.7 Å². The van der Waals surface area contributed by atoms with Gasteiger partial charge in [0, 0.05) is 13.0 Å². The maximum atomic E-state index is 12.6. The van der Waals surface area contributed by atoms with Crippen LogP contribution in [0.3, 0.4) is 0 Å². The fourth-order valence-electron chi connectivity index (χ4n) is 2.25. The number of alkyl halides is 1. The molecule has 0 saturated heterocycles. The highest BCUT2D eigenvalue weighted by Crippen LogP contribution is 2.27. The zero-order valence-electron chi connectivity index (χ0n) is 12.4. The Morgan fingerprint density at radius 3 is 2.50 bits per heavy atom. The second-order valence-electron chi connectivity index (χ2n) is 5.09. The fourth-order valence-corrected chi connectivity index (χ4v) is 2.42. The molecule has 0 saturated carbocycles. The third-order valence-electron chi connectivity index (χ3n) is 3.55. The van der Waals surface area contributed by atoms with Crippen LogP contribution in [0.2, 0.25) is 0 Å². The standard InChI is InChI=1S/C16H24ClNO2/c1-4-12(2)15(13-8-6-5-7-9-13)16(19)18-14(10-17)11-20-3/h5-9,12,14-15H,4,10-11H2,1-3H3,(H,18,19). The minimum absolute atomic E-state index is 0.0215. The van der Waals surface area contributed by atoms with Crippen LogP contribution in [0.5, 0.6) is 0 Å². The summed E-state index contributed by atoms with van der Waals surface area (Å²) in [6.07, 6.45) is 0.947. The summed E-state index contributed by atoms with van der Waals surface area (Å²) >= 11 is 5.86. The Morgan fingerprint density at radius 2 is 2.00 bits per heavy atom. The van der Waals surface area contributed by atoms with E-state index in [1.54, 1.807) is 7.11 Å². The second kappa shape index (κ2) is 8.98. The molecule has 0 aromatic heterocycles. The largest absolute Gasteiger partial charge is 0.383 e. The van der Waals surface area contributed by atoms with E-state index in [0.717, 1.165) is 12.0 Å². The van der Waals surface area contributed by atoms with Gasteiger partial charge in [-0.15, -0.1) is 11.6 Å². The van der Waals surface area contributed by atoms with E-state index < -0.39 is 0 Å². The molecule has 1 amide bonds. The molecular formula is C16H24ClNO2. The molecule has 0 heterocycles. The number of carbonyl (C=O) groups is 1. The summed E-state index contributed by atoms with van der Waals surface area (Å²) in [5, 5.41) is 2.99. The first-order chi connectivity index (χ1) is 9.63. The van der Waals surface area contributed by atoms with Gasteiger partial charge < -0.3 is 10.1 Å². The minimum Gasteiger partial charge on any atom is -0.383 e. The zero-order valence-corrected chi connectivity index (χ0v) is 13.2. The van der Waals surface area contributed by atoms with Crippen LogP contribution >= 0.6 is 11.6 Å². The smallest absolute Gasteiger partial charge is 0.228 e. The number of halogens is 1. The van der Waals surface area contributed by atoms with Crippen molar-refractivity contribution in [3.05, 3.63) is 35.9 Å². The Kier molecular flexibility index (Phi) is 7.63. The Labute approximate surface area is 126 Å². The normalized spacial score (nSPS) is 15.4. The minimum atomic E-state index is -0.149. The van der Waals surface area contributed by atoms with Crippen LogP contribution in [-0.2, 0) is 9.53 Å². The first-order valence-electron chi connectivity index (χ1n) is 7.04. The molecular weight excluding hydrogens is 274 g/mol. The average molecular weight is 298 g/mol. The Morgan fingerprint density at radius 1 is 1.35 bits per heavy atom. The first kappa shape index (κ1) is 17.0. The number of rotatable bonds is 8. The van der Waals surface area contributed by atoms with Crippen molar-refractivity contribution in [2.24, 2.45) is 5.92 Å². The van der Waals surface area contributed by atoms with E-state index in [2.05, 4.69) is 19.2 Å². The lowest BCUT2D eigenvalue weighted by atomic mass is 9.84. The van der Waals surface area contributed by atoms with E-state index >= 15 is 0 Å². The van der Waals surface area contributed by atoms with Crippen LogP contribution in [-0.4, -0.2) is 31.5 Å². The van der Waals surface area contributed by atoms with Crippen molar-refractivity contribution in [2.75, 3.05) is 19.6 Å². The van der Waals surface area contributed by atoms with Crippen molar-refractivity contribution >= 4 is 17.5 Å². The van der Waals surface area contributed by atoms with E-state index in [0.29, 0.717) is 12.5 Å². The number of amides is 1. The molecule has 20 heavy (non-hydrogen) atoms. The SMILES string of the molecule is CCC(C)C(C(=O)NC(CCl)COC)c1ccccc1. The number of hydrogen-bond acceptors (Lipinski definition) is 2. The number of nitrogens with one attached hydrogen (secondary N) is 1. The highest BCUT2D eigenvalue weighted by molar-refractivity contribution is 6.18. The molecule has 1 rings (SSSR count). The number of methoxy groups -OCH3 is 1. The monoisotopic (exact) mass is 297 g/mol. The molecule has 0 fully saturated rings. The number of carbonyl (C=O) groups excluding carboxylic acids is 1. The summed E-state index contributed by atoms with van der Waals surface area (Å²) in [4.78, 5) is 12.6. The molecule has 0 bridgehead atoms. The third-order valence-corrected chi connectivity index (χ3v) is 3.93. The zero-order chi connectivity index (χ0) is 15.0. The van der Waals surface area contributed by atoms with Crippen molar-refractivity contribution in [3.8, 4) is 0 Å². The van der Waals surface area contributed by atoms with Crippen molar-refractivity contribution in [1.82, 2.24) is 5.32 Å². The summed E-state index contributed by atoms with van der Waals surface area (Å²) in [6.45, 7) is 4.63. The van der Waals surface area contributed by atoms with Gasteiger partial charge in [-0.25, -0.2) is 0 Å². The molecule has 0 aliphatic carbocycles. The predicted octanol–water partition coefficient (Wildman–Crippen LogP) is 3.19. The molecule has 0 aliphatic heterocycles. The lowest BCUT2D eigenvalue weighted by Gasteiger charge is -2.25. The number of ether oxygens (including phenoxy) is 1. The molecule has 0 spiro atoms. The molecule has 112 valence electrons. The quantitative estimate of drug-likeness (QED) is 0.748. The molecule has 1 N–H and O–H groups in total. The van der Waals surface area contributed by atoms with Crippen LogP contribution in [0.15, 0.2) is 30.3 Å². The third kappa shape index (κ3) is 4.80. The summed E-state index contributed by atoms with van der Waals surface area (Å²) in [5.41, 5.74) is 1.05. The van der Waals surface area contributed by atoms with Gasteiger partial charge in [-0.05, 0) is 11.5 Å². The van der Waals surface area contributed by atoms with Gasteiger partial charge in [-0.2, -0.15) is 0 Å². The Hall–Kier alpha value is -1.06. The van der Waals surface area contributed by atoms with Gasteiger partial charge in [0.05, 0.1) is 18.6 Å². The number of hydrogen-bond donors (Lipinski definition) is 1. The van der Waals surface area contributed by atoms with Crippen LogP contribution in [0.25, 0.3) is 0 Å². The maximum Gasteiger partial charge on any atom is 0.228 e. The molecule has 0 radical (unpaired) electrons. The van der Waals surface area contributed by atoms with E-state index in [4.69, 9.17) is 16.3 Å². The van der Waals surface area contributed by atoms with E-state index in [1.165, 1.54) is 0 Å². The average Bonchev–Trinajstić information content (AvgIpc) is 2.47. The van der Waals surface area contributed by atoms with Gasteiger partial charge in [0.2, 0.25) is 5.91 Å². The molecule has 3 unspecified atom stereocenters. The molecule has 1 aromatic rings. The summed E-state index contributed by atoms with van der Waals surface area (Å²) in [6, 6.07) is 9.74. The fraction of sp³-hybridized carbons (Fsp3) is 0.562. The van der Waals surface area contributed by atoms with Crippen LogP contribution in [0, 0.1) is 5.92 Å². The molecule has 3 atom stereocenters. The topological polar surface area (TPSA) is 38.3 Å². The van der Waals surface area contributed by atoms with Crippen molar-refractivity contribution in [3.63, 3.8) is 0 Å². The lowest BCUT2D eigenvalue weighted by molar-refractivity contribution is -0.124.